The molecule has 174 valence electrons. The molecular formula is C25H23ClN4O2S2. The molecule has 0 spiro atoms. The van der Waals surface area contributed by atoms with Crippen LogP contribution in [-0.2, 0) is 11.3 Å². The van der Waals surface area contributed by atoms with E-state index in [-0.39, 0.29) is 18.0 Å². The molecule has 2 aliphatic heterocycles. The lowest BCUT2D eigenvalue weighted by molar-refractivity contribution is -0.122. The van der Waals surface area contributed by atoms with E-state index in [1.165, 1.54) is 16.7 Å². The molecule has 1 amide bonds. The summed E-state index contributed by atoms with van der Waals surface area (Å²) in [5.74, 6) is 0.406. The van der Waals surface area contributed by atoms with Crippen LogP contribution in [0.3, 0.4) is 0 Å². The van der Waals surface area contributed by atoms with Gasteiger partial charge in [0.05, 0.1) is 17.0 Å². The Morgan fingerprint density at radius 1 is 1.12 bits per heavy atom. The Kier molecular flexibility index (Phi) is 6.46. The van der Waals surface area contributed by atoms with E-state index in [1.54, 1.807) is 22.7 Å². The van der Waals surface area contributed by atoms with Crippen molar-refractivity contribution in [3.8, 4) is 0 Å². The van der Waals surface area contributed by atoms with E-state index in [1.807, 2.05) is 37.3 Å². The van der Waals surface area contributed by atoms with Gasteiger partial charge in [-0.15, -0.1) is 0 Å². The van der Waals surface area contributed by atoms with E-state index in [2.05, 4.69) is 4.90 Å². The van der Waals surface area contributed by atoms with Gasteiger partial charge >= 0.3 is 0 Å². The number of hydrogen-bond acceptors (Lipinski definition) is 6. The predicted molar refractivity (Wildman–Crippen MR) is 142 cm³/mol. The van der Waals surface area contributed by atoms with Gasteiger partial charge in [0.15, 0.2) is 0 Å². The van der Waals surface area contributed by atoms with Crippen LogP contribution in [0.1, 0.15) is 36.0 Å². The summed E-state index contributed by atoms with van der Waals surface area (Å²) in [5, 5.41) is 0.584. The standard InChI is InChI=1S/C25H23ClN4O2S2/c1-16-8-7-13-29-21(16)27-22(28-11-5-2-6-12-28)18(23(29)31)14-20-24(32)30(25(33)34-20)15-17-9-3-4-10-19(17)26/h3-4,7-10,13-14H,2,5-6,11-12,15H2,1H3/b20-14+. The summed E-state index contributed by atoms with van der Waals surface area (Å²) in [7, 11) is 0. The summed E-state index contributed by atoms with van der Waals surface area (Å²) >= 11 is 13.0. The zero-order valence-electron chi connectivity index (χ0n) is 18.7. The van der Waals surface area contributed by atoms with E-state index in [4.69, 9.17) is 28.8 Å². The molecule has 3 aromatic rings. The summed E-state index contributed by atoms with van der Waals surface area (Å²) in [6.45, 7) is 3.90. The van der Waals surface area contributed by atoms with Crippen molar-refractivity contribution in [2.45, 2.75) is 32.7 Å². The highest BCUT2D eigenvalue weighted by atomic mass is 35.5. The highest BCUT2D eigenvalue weighted by Crippen LogP contribution is 2.35. The third-order valence-corrected chi connectivity index (χ3v) is 7.90. The van der Waals surface area contributed by atoms with Gasteiger partial charge in [0.25, 0.3) is 11.5 Å². The number of aryl methyl sites for hydroxylation is 1. The number of thiocarbonyl (C=S) groups is 1. The number of carbonyl (C=O) groups is 1. The molecule has 2 aliphatic rings. The number of hydrogen-bond donors (Lipinski definition) is 0. The summed E-state index contributed by atoms with van der Waals surface area (Å²) in [5.41, 5.74) is 2.61. The van der Waals surface area contributed by atoms with Crippen LogP contribution < -0.4 is 10.5 Å². The normalized spacial score (nSPS) is 17.9. The van der Waals surface area contributed by atoms with Crippen LogP contribution in [0.15, 0.2) is 52.3 Å². The van der Waals surface area contributed by atoms with E-state index in [0.717, 1.165) is 43.5 Å². The summed E-state index contributed by atoms with van der Waals surface area (Å²) < 4.78 is 2.00. The number of anilines is 1. The highest BCUT2D eigenvalue weighted by Gasteiger charge is 2.33. The van der Waals surface area contributed by atoms with Crippen molar-refractivity contribution in [2.24, 2.45) is 0 Å². The molecule has 2 saturated heterocycles. The van der Waals surface area contributed by atoms with Crippen molar-refractivity contribution < 1.29 is 4.79 Å². The van der Waals surface area contributed by atoms with Crippen molar-refractivity contribution in [3.05, 3.63) is 79.6 Å². The Bertz CT molecular complexity index is 1400. The van der Waals surface area contributed by atoms with Gasteiger partial charge in [-0.1, -0.05) is 59.8 Å². The molecule has 2 aromatic heterocycles. The number of amides is 1. The van der Waals surface area contributed by atoms with Crippen LogP contribution in [0, 0.1) is 6.92 Å². The molecule has 0 unspecified atom stereocenters. The summed E-state index contributed by atoms with van der Waals surface area (Å²) in [4.78, 5) is 35.9. The Morgan fingerprint density at radius 3 is 2.65 bits per heavy atom. The average molecular weight is 511 g/mol. The number of rotatable bonds is 4. The molecule has 9 heteroatoms. The first-order valence-electron chi connectivity index (χ1n) is 11.2. The van der Waals surface area contributed by atoms with Gasteiger partial charge in [-0.25, -0.2) is 4.98 Å². The number of nitrogens with zero attached hydrogens (tertiary/aromatic N) is 4. The second kappa shape index (κ2) is 9.52. The first kappa shape index (κ1) is 23.1. The topological polar surface area (TPSA) is 57.9 Å². The van der Waals surface area contributed by atoms with Crippen LogP contribution in [0.2, 0.25) is 5.02 Å². The maximum atomic E-state index is 13.6. The van der Waals surface area contributed by atoms with Crippen LogP contribution in [0.5, 0.6) is 0 Å². The Hall–Kier alpha value is -2.68. The largest absolute Gasteiger partial charge is 0.356 e. The number of aromatic nitrogens is 2. The first-order chi connectivity index (χ1) is 16.4. The second-order valence-corrected chi connectivity index (χ2v) is 10.5. The lowest BCUT2D eigenvalue weighted by atomic mass is 10.1. The number of pyridine rings is 1. The van der Waals surface area contributed by atoms with E-state index < -0.39 is 0 Å². The van der Waals surface area contributed by atoms with Crippen molar-refractivity contribution >= 4 is 63.3 Å². The van der Waals surface area contributed by atoms with Gasteiger partial charge in [0.2, 0.25) is 0 Å². The molecular weight excluding hydrogens is 488 g/mol. The number of halogens is 1. The van der Waals surface area contributed by atoms with E-state index in [0.29, 0.717) is 31.3 Å². The van der Waals surface area contributed by atoms with Gasteiger partial charge in [0.1, 0.15) is 15.8 Å². The Morgan fingerprint density at radius 2 is 1.88 bits per heavy atom. The highest BCUT2D eigenvalue weighted by molar-refractivity contribution is 8.26. The zero-order valence-corrected chi connectivity index (χ0v) is 21.1. The monoisotopic (exact) mass is 510 g/mol. The van der Waals surface area contributed by atoms with Gasteiger partial charge in [-0.05, 0) is 55.5 Å². The van der Waals surface area contributed by atoms with Crippen molar-refractivity contribution in [1.82, 2.24) is 14.3 Å². The molecule has 2 fully saturated rings. The quantitative estimate of drug-likeness (QED) is 0.361. The smallest absolute Gasteiger partial charge is 0.267 e. The molecule has 5 rings (SSSR count). The summed E-state index contributed by atoms with van der Waals surface area (Å²) in [6.07, 6.45) is 6.65. The van der Waals surface area contributed by atoms with Crippen LogP contribution >= 0.6 is 35.6 Å². The first-order valence-corrected chi connectivity index (χ1v) is 12.8. The Balaban J connectivity index is 1.58. The number of fused-ring (bicyclic) bond motifs is 1. The van der Waals surface area contributed by atoms with Crippen LogP contribution in [0.25, 0.3) is 11.7 Å². The maximum absolute atomic E-state index is 13.6. The fraction of sp³-hybridized carbons (Fsp3) is 0.280. The third-order valence-electron chi connectivity index (χ3n) is 6.16. The second-order valence-electron chi connectivity index (χ2n) is 8.45. The Labute approximate surface area is 212 Å². The fourth-order valence-electron chi connectivity index (χ4n) is 4.34. The minimum absolute atomic E-state index is 0.189. The lowest BCUT2D eigenvalue weighted by Gasteiger charge is -2.29. The van der Waals surface area contributed by atoms with Crippen molar-refractivity contribution in [3.63, 3.8) is 0 Å². The minimum Gasteiger partial charge on any atom is -0.356 e. The fourth-order valence-corrected chi connectivity index (χ4v) is 5.77. The average Bonchev–Trinajstić information content (AvgIpc) is 3.10. The van der Waals surface area contributed by atoms with E-state index in [9.17, 15) is 9.59 Å². The molecule has 6 nitrogen and oxygen atoms in total. The van der Waals surface area contributed by atoms with E-state index >= 15 is 0 Å². The molecule has 34 heavy (non-hydrogen) atoms. The van der Waals surface area contributed by atoms with Crippen molar-refractivity contribution in [2.75, 3.05) is 18.0 Å². The zero-order chi connectivity index (χ0) is 23.8. The predicted octanol–water partition coefficient (Wildman–Crippen LogP) is 5.05. The molecule has 0 radical (unpaired) electrons. The molecule has 0 N–H and O–H groups in total. The number of piperidine rings is 1. The van der Waals surface area contributed by atoms with Gasteiger partial charge in [0, 0.05) is 24.3 Å². The third kappa shape index (κ3) is 4.26. The molecule has 4 heterocycles. The van der Waals surface area contributed by atoms with Crippen LogP contribution in [-0.4, -0.2) is 37.6 Å². The molecule has 0 atom stereocenters. The molecule has 0 saturated carbocycles. The molecule has 0 bridgehead atoms. The van der Waals surface area contributed by atoms with Crippen molar-refractivity contribution in [1.29, 1.82) is 0 Å². The number of carbonyl (C=O) groups excluding carboxylic acids is 1. The van der Waals surface area contributed by atoms with Gasteiger partial charge in [-0.3, -0.25) is 18.9 Å². The lowest BCUT2D eigenvalue weighted by Crippen LogP contribution is -2.33. The SMILES string of the molecule is Cc1cccn2c(=O)c(/C=C3/SC(=S)N(Cc4ccccc4Cl)C3=O)c(N3CCCCC3)nc12. The van der Waals surface area contributed by atoms with Crippen LogP contribution in [0.4, 0.5) is 5.82 Å². The maximum Gasteiger partial charge on any atom is 0.267 e. The van der Waals surface area contributed by atoms with Gasteiger partial charge in [-0.2, -0.15) is 0 Å². The number of benzene rings is 1. The minimum atomic E-state index is -0.228. The molecule has 0 aliphatic carbocycles. The number of thioether (sulfide) groups is 1. The summed E-state index contributed by atoms with van der Waals surface area (Å²) in [6, 6.07) is 11.2. The molecule has 1 aromatic carbocycles. The van der Waals surface area contributed by atoms with Gasteiger partial charge < -0.3 is 4.90 Å².